The molecule has 2 aliphatic heterocycles. The maximum Gasteiger partial charge on any atom is 0.490 e. The summed E-state index contributed by atoms with van der Waals surface area (Å²) in [6.45, 7) is 4.01. The first-order valence-corrected chi connectivity index (χ1v) is 11.3. The number of amides is 1. The van der Waals surface area contributed by atoms with E-state index in [1.807, 2.05) is 41.8 Å². The molecule has 1 N–H and O–H groups in total. The highest BCUT2D eigenvalue weighted by molar-refractivity contribution is 8.01. The first-order chi connectivity index (χ1) is 16.0. The second-order valence-electron chi connectivity index (χ2n) is 8.06. The van der Waals surface area contributed by atoms with Crippen molar-refractivity contribution in [1.29, 1.82) is 5.26 Å². The highest BCUT2D eigenvalue weighted by Gasteiger charge is 2.51. The largest absolute Gasteiger partial charge is 0.490 e. The molecule has 0 saturated carbocycles. The van der Waals surface area contributed by atoms with Gasteiger partial charge in [0.1, 0.15) is 0 Å². The number of rotatable bonds is 4. The Morgan fingerprint density at radius 2 is 1.97 bits per heavy atom. The molecule has 2 fully saturated rings. The minimum atomic E-state index is -5.08. The van der Waals surface area contributed by atoms with Crippen LogP contribution in [-0.2, 0) is 16.1 Å². The SMILES string of the molecule is Cc1cccc(COC2CSC3(C2)CN(C(=O)c2cccc(C#N)c2)C3)n1.O=C(O)C(F)(F)F. The number of benzene rings is 1. The van der Waals surface area contributed by atoms with E-state index >= 15 is 0 Å². The van der Waals surface area contributed by atoms with E-state index in [1.165, 1.54) is 0 Å². The Hall–Kier alpha value is -3.10. The first-order valence-electron chi connectivity index (χ1n) is 10.3. The van der Waals surface area contributed by atoms with Gasteiger partial charge in [-0.05, 0) is 43.7 Å². The standard InChI is InChI=1S/C21H21N3O2S.C2HF3O2/c1-15-4-2-7-18(23-15)11-26-19-9-21(27-12-19)13-24(14-21)20(25)17-6-3-5-16(8-17)10-22;3-2(4,5)1(6)7/h2-8,19H,9,11-14H2,1H3;(H,6,7). The van der Waals surface area contributed by atoms with E-state index in [2.05, 4.69) is 11.1 Å². The van der Waals surface area contributed by atoms with Crippen molar-refractivity contribution < 1.29 is 32.6 Å². The lowest BCUT2D eigenvalue weighted by atomic mass is 9.92. The van der Waals surface area contributed by atoms with E-state index in [1.54, 1.807) is 24.3 Å². The van der Waals surface area contributed by atoms with Gasteiger partial charge >= 0.3 is 12.1 Å². The molecule has 7 nitrogen and oxygen atoms in total. The number of carbonyl (C=O) groups is 2. The average Bonchev–Trinajstić information content (AvgIpc) is 3.21. The van der Waals surface area contributed by atoms with E-state index < -0.39 is 12.1 Å². The maximum atomic E-state index is 12.6. The third-order valence-electron chi connectivity index (χ3n) is 5.31. The highest BCUT2D eigenvalue weighted by Crippen LogP contribution is 2.46. The maximum absolute atomic E-state index is 12.6. The van der Waals surface area contributed by atoms with Crippen LogP contribution in [0.5, 0.6) is 0 Å². The molecule has 0 aliphatic carbocycles. The number of nitrogens with zero attached hydrogens (tertiary/aromatic N) is 3. The van der Waals surface area contributed by atoms with E-state index in [0.717, 1.165) is 36.7 Å². The molecule has 11 heteroatoms. The summed E-state index contributed by atoms with van der Waals surface area (Å²) < 4.78 is 37.9. The topological polar surface area (TPSA) is 104 Å². The van der Waals surface area contributed by atoms with Gasteiger partial charge in [-0.25, -0.2) is 4.79 Å². The summed E-state index contributed by atoms with van der Waals surface area (Å²) in [5.74, 6) is -1.79. The number of aromatic nitrogens is 1. The highest BCUT2D eigenvalue weighted by atomic mass is 32.2. The van der Waals surface area contributed by atoms with E-state index in [0.29, 0.717) is 17.7 Å². The zero-order valence-corrected chi connectivity index (χ0v) is 19.0. The van der Waals surface area contributed by atoms with Crippen LogP contribution in [0.1, 0.15) is 33.7 Å². The molecule has 1 aromatic carbocycles. The second kappa shape index (κ2) is 10.4. The molecule has 2 aliphatic rings. The van der Waals surface area contributed by atoms with Crippen LogP contribution in [0.4, 0.5) is 13.2 Å². The van der Waals surface area contributed by atoms with Gasteiger partial charge in [-0.1, -0.05) is 12.1 Å². The molecule has 1 amide bonds. The van der Waals surface area contributed by atoms with Crippen LogP contribution in [0.2, 0.25) is 0 Å². The van der Waals surface area contributed by atoms with Gasteiger partial charge in [-0.3, -0.25) is 9.78 Å². The van der Waals surface area contributed by atoms with Gasteiger partial charge in [0.2, 0.25) is 0 Å². The van der Waals surface area contributed by atoms with Crippen molar-refractivity contribution in [1.82, 2.24) is 9.88 Å². The fourth-order valence-corrected chi connectivity index (χ4v) is 5.26. The molecule has 1 unspecified atom stereocenters. The summed E-state index contributed by atoms with van der Waals surface area (Å²) >= 11 is 1.91. The van der Waals surface area contributed by atoms with Gasteiger partial charge in [0, 0.05) is 30.1 Å². The molecule has 2 aromatic rings. The Morgan fingerprint density at radius 1 is 1.29 bits per heavy atom. The van der Waals surface area contributed by atoms with E-state index in [-0.39, 0.29) is 16.8 Å². The number of thioether (sulfide) groups is 1. The lowest BCUT2D eigenvalue weighted by Crippen LogP contribution is -2.60. The van der Waals surface area contributed by atoms with Crippen molar-refractivity contribution in [2.45, 2.75) is 37.0 Å². The smallest absolute Gasteiger partial charge is 0.475 e. The minimum absolute atomic E-state index is 0.00616. The van der Waals surface area contributed by atoms with Crippen molar-refractivity contribution in [3.63, 3.8) is 0 Å². The molecule has 1 spiro atoms. The van der Waals surface area contributed by atoms with Gasteiger partial charge in [0.15, 0.2) is 0 Å². The number of halogens is 3. The summed E-state index contributed by atoms with van der Waals surface area (Å²) in [6.07, 6.45) is -3.91. The van der Waals surface area contributed by atoms with Crippen LogP contribution in [0.15, 0.2) is 42.5 Å². The number of ether oxygens (including phenoxy) is 1. The van der Waals surface area contributed by atoms with Gasteiger partial charge in [0.05, 0.1) is 34.8 Å². The monoisotopic (exact) mass is 493 g/mol. The van der Waals surface area contributed by atoms with Crippen molar-refractivity contribution in [3.8, 4) is 6.07 Å². The Bertz CT molecular complexity index is 1100. The Morgan fingerprint density at radius 3 is 2.59 bits per heavy atom. The van der Waals surface area contributed by atoms with Crippen molar-refractivity contribution >= 4 is 23.6 Å². The number of likely N-dealkylation sites (tertiary alicyclic amines) is 1. The number of hydrogen-bond acceptors (Lipinski definition) is 6. The predicted molar refractivity (Wildman–Crippen MR) is 118 cm³/mol. The summed E-state index contributed by atoms with van der Waals surface area (Å²) in [5.41, 5.74) is 3.07. The molecule has 0 bridgehead atoms. The third-order valence-corrected chi connectivity index (χ3v) is 6.89. The molecule has 1 aromatic heterocycles. The van der Waals surface area contributed by atoms with Gasteiger partial charge in [0.25, 0.3) is 5.91 Å². The number of carbonyl (C=O) groups excluding carboxylic acids is 1. The van der Waals surface area contributed by atoms with Crippen LogP contribution in [0.3, 0.4) is 0 Å². The zero-order valence-electron chi connectivity index (χ0n) is 18.2. The molecule has 34 heavy (non-hydrogen) atoms. The summed E-state index contributed by atoms with van der Waals surface area (Å²) in [5, 5.41) is 16.1. The molecule has 1 atom stereocenters. The van der Waals surface area contributed by atoms with Crippen LogP contribution < -0.4 is 0 Å². The minimum Gasteiger partial charge on any atom is -0.475 e. The summed E-state index contributed by atoms with van der Waals surface area (Å²) in [4.78, 5) is 27.9. The van der Waals surface area contributed by atoms with E-state index in [9.17, 15) is 18.0 Å². The molecule has 3 heterocycles. The normalized spacial score (nSPS) is 18.4. The first kappa shape index (κ1) is 25.5. The van der Waals surface area contributed by atoms with Crippen molar-refractivity contribution in [2.75, 3.05) is 18.8 Å². The van der Waals surface area contributed by atoms with Crippen LogP contribution in [0, 0.1) is 18.3 Å². The number of aliphatic carboxylic acids is 1. The average molecular weight is 494 g/mol. The fraction of sp³-hybridized carbons (Fsp3) is 0.391. The van der Waals surface area contributed by atoms with Crippen LogP contribution >= 0.6 is 11.8 Å². The lowest BCUT2D eigenvalue weighted by molar-refractivity contribution is -0.192. The Labute approximate surface area is 198 Å². The number of carboxylic acids is 1. The molecule has 180 valence electrons. The number of hydrogen-bond donors (Lipinski definition) is 1. The fourth-order valence-electron chi connectivity index (χ4n) is 3.71. The molecular formula is C23H22F3N3O4S. The van der Waals surface area contributed by atoms with Gasteiger partial charge in [-0.2, -0.15) is 18.4 Å². The number of carboxylic acid groups (broad SMARTS) is 1. The number of pyridine rings is 1. The predicted octanol–water partition coefficient (Wildman–Crippen LogP) is 3.81. The third kappa shape index (κ3) is 6.48. The van der Waals surface area contributed by atoms with Crippen LogP contribution in [0.25, 0.3) is 0 Å². The van der Waals surface area contributed by atoms with Gasteiger partial charge < -0.3 is 14.7 Å². The van der Waals surface area contributed by atoms with Crippen molar-refractivity contribution in [2.24, 2.45) is 0 Å². The molecule has 0 radical (unpaired) electrons. The summed E-state index contributed by atoms with van der Waals surface area (Å²) in [6, 6.07) is 15.0. The number of nitriles is 1. The Kier molecular flexibility index (Phi) is 7.84. The second-order valence-corrected chi connectivity index (χ2v) is 9.55. The van der Waals surface area contributed by atoms with E-state index in [4.69, 9.17) is 19.9 Å². The van der Waals surface area contributed by atoms with Crippen LogP contribution in [-0.4, -0.2) is 62.7 Å². The quantitative estimate of drug-likeness (QED) is 0.691. The van der Waals surface area contributed by atoms with Crippen molar-refractivity contribution in [3.05, 3.63) is 65.0 Å². The number of aryl methyl sites for hydroxylation is 1. The number of alkyl halides is 3. The molecule has 4 rings (SSSR count). The molecule has 2 saturated heterocycles. The molecular weight excluding hydrogens is 471 g/mol. The summed E-state index contributed by atoms with van der Waals surface area (Å²) in [7, 11) is 0. The lowest BCUT2D eigenvalue weighted by Gasteiger charge is -2.47. The Balaban J connectivity index is 0.000000406. The zero-order chi connectivity index (χ0) is 24.9. The van der Waals surface area contributed by atoms with Gasteiger partial charge in [-0.15, -0.1) is 11.8 Å².